The van der Waals surface area contributed by atoms with Gasteiger partial charge >= 0.3 is 0 Å². The highest BCUT2D eigenvalue weighted by Crippen LogP contribution is 2.24. The van der Waals surface area contributed by atoms with Crippen molar-refractivity contribution in [2.24, 2.45) is 7.05 Å². The summed E-state index contributed by atoms with van der Waals surface area (Å²) >= 11 is 6.13. The van der Waals surface area contributed by atoms with Crippen molar-refractivity contribution < 1.29 is 4.79 Å². The molecule has 1 heterocycles. The molecule has 0 aliphatic heterocycles. The van der Waals surface area contributed by atoms with Crippen LogP contribution in [0.25, 0.3) is 0 Å². The standard InChI is InChI=1S/C13H16ClN5O/c1-18(2)13(20)9-4-5-11(14)12(6-9)15-7-10-8-16-17-19(10)3/h4-6,8,15H,7H2,1-3H3. The largest absolute Gasteiger partial charge is 0.378 e. The lowest BCUT2D eigenvalue weighted by Gasteiger charge is -2.13. The first-order chi connectivity index (χ1) is 9.49. The van der Waals surface area contributed by atoms with Gasteiger partial charge in [-0.2, -0.15) is 0 Å². The number of aromatic nitrogens is 3. The summed E-state index contributed by atoms with van der Waals surface area (Å²) in [4.78, 5) is 13.5. The molecule has 0 saturated heterocycles. The molecule has 106 valence electrons. The molecular formula is C13H16ClN5O. The van der Waals surface area contributed by atoms with Crippen LogP contribution in [0, 0.1) is 0 Å². The van der Waals surface area contributed by atoms with Crippen molar-refractivity contribution in [3.63, 3.8) is 0 Å². The topological polar surface area (TPSA) is 63.1 Å². The lowest BCUT2D eigenvalue weighted by atomic mass is 10.1. The first-order valence-electron chi connectivity index (χ1n) is 6.07. The summed E-state index contributed by atoms with van der Waals surface area (Å²) < 4.78 is 1.68. The zero-order chi connectivity index (χ0) is 14.7. The molecule has 7 heteroatoms. The molecule has 0 aliphatic rings. The molecule has 6 nitrogen and oxygen atoms in total. The van der Waals surface area contributed by atoms with E-state index in [1.807, 2.05) is 7.05 Å². The highest BCUT2D eigenvalue weighted by atomic mass is 35.5. The minimum absolute atomic E-state index is 0.0630. The Balaban J connectivity index is 2.17. The molecular weight excluding hydrogens is 278 g/mol. The van der Waals surface area contributed by atoms with Crippen molar-refractivity contribution in [1.29, 1.82) is 0 Å². The van der Waals surface area contributed by atoms with E-state index in [9.17, 15) is 4.79 Å². The summed E-state index contributed by atoms with van der Waals surface area (Å²) in [5.41, 5.74) is 2.22. The van der Waals surface area contributed by atoms with Crippen molar-refractivity contribution in [3.05, 3.63) is 40.7 Å². The molecule has 0 saturated carbocycles. The molecule has 0 bridgehead atoms. The van der Waals surface area contributed by atoms with E-state index in [0.717, 1.165) is 5.69 Å². The lowest BCUT2D eigenvalue weighted by molar-refractivity contribution is 0.0827. The predicted molar refractivity (Wildman–Crippen MR) is 77.8 cm³/mol. The van der Waals surface area contributed by atoms with E-state index < -0.39 is 0 Å². The maximum atomic E-state index is 11.9. The summed E-state index contributed by atoms with van der Waals surface area (Å²) in [6, 6.07) is 5.16. The summed E-state index contributed by atoms with van der Waals surface area (Å²) in [7, 11) is 5.24. The number of hydrogen-bond acceptors (Lipinski definition) is 4. The van der Waals surface area contributed by atoms with Crippen LogP contribution in [-0.4, -0.2) is 39.9 Å². The average molecular weight is 294 g/mol. The molecule has 0 unspecified atom stereocenters. The number of rotatable bonds is 4. The molecule has 2 rings (SSSR count). The minimum atomic E-state index is -0.0630. The van der Waals surface area contributed by atoms with Gasteiger partial charge in [0.15, 0.2) is 0 Å². The number of aryl methyl sites for hydroxylation is 1. The van der Waals surface area contributed by atoms with Gasteiger partial charge in [-0.1, -0.05) is 16.8 Å². The van der Waals surface area contributed by atoms with Gasteiger partial charge in [-0.15, -0.1) is 5.10 Å². The van der Waals surface area contributed by atoms with Crippen LogP contribution in [0.3, 0.4) is 0 Å². The van der Waals surface area contributed by atoms with Gasteiger partial charge in [0.2, 0.25) is 0 Å². The maximum absolute atomic E-state index is 11.9. The number of carbonyl (C=O) groups is 1. The van der Waals surface area contributed by atoms with Gasteiger partial charge < -0.3 is 10.2 Å². The van der Waals surface area contributed by atoms with Crippen LogP contribution in [0.2, 0.25) is 5.02 Å². The fraction of sp³-hybridized carbons (Fsp3) is 0.308. The number of amides is 1. The summed E-state index contributed by atoms with van der Waals surface area (Å²) in [6.07, 6.45) is 1.68. The monoisotopic (exact) mass is 293 g/mol. The van der Waals surface area contributed by atoms with E-state index in [1.54, 1.807) is 43.2 Å². The van der Waals surface area contributed by atoms with Crippen molar-refractivity contribution in [2.45, 2.75) is 6.54 Å². The third-order valence-corrected chi connectivity index (χ3v) is 3.22. The van der Waals surface area contributed by atoms with Crippen LogP contribution in [0.1, 0.15) is 16.1 Å². The van der Waals surface area contributed by atoms with Gasteiger partial charge in [-0.3, -0.25) is 9.48 Å². The Kier molecular flexibility index (Phi) is 4.24. The molecule has 0 radical (unpaired) electrons. The van der Waals surface area contributed by atoms with E-state index in [4.69, 9.17) is 11.6 Å². The van der Waals surface area contributed by atoms with Gasteiger partial charge in [-0.25, -0.2) is 0 Å². The first-order valence-corrected chi connectivity index (χ1v) is 6.45. The second kappa shape index (κ2) is 5.92. The Morgan fingerprint density at radius 2 is 2.20 bits per heavy atom. The number of hydrogen-bond donors (Lipinski definition) is 1. The second-order valence-corrected chi connectivity index (χ2v) is 5.00. The SMILES string of the molecule is CN(C)C(=O)c1ccc(Cl)c(NCc2cnnn2C)c1. The van der Waals surface area contributed by atoms with Gasteiger partial charge in [-0.05, 0) is 18.2 Å². The Bertz CT molecular complexity index is 623. The lowest BCUT2D eigenvalue weighted by Crippen LogP contribution is -2.21. The number of halogens is 1. The second-order valence-electron chi connectivity index (χ2n) is 4.60. The van der Waals surface area contributed by atoms with E-state index >= 15 is 0 Å². The van der Waals surface area contributed by atoms with Crippen molar-refractivity contribution in [1.82, 2.24) is 19.9 Å². The van der Waals surface area contributed by atoms with E-state index in [-0.39, 0.29) is 5.91 Å². The molecule has 1 aromatic heterocycles. The Morgan fingerprint density at radius 3 is 2.80 bits per heavy atom. The van der Waals surface area contributed by atoms with Crippen LogP contribution in [0.15, 0.2) is 24.4 Å². The van der Waals surface area contributed by atoms with Gasteiger partial charge in [0.25, 0.3) is 5.91 Å². The van der Waals surface area contributed by atoms with Crippen molar-refractivity contribution >= 4 is 23.2 Å². The molecule has 0 aliphatic carbocycles. The molecule has 0 spiro atoms. The fourth-order valence-electron chi connectivity index (χ4n) is 1.71. The fourth-order valence-corrected chi connectivity index (χ4v) is 1.89. The Labute approximate surface area is 122 Å². The van der Waals surface area contributed by atoms with Crippen LogP contribution in [0.5, 0.6) is 0 Å². The Morgan fingerprint density at radius 1 is 1.45 bits per heavy atom. The van der Waals surface area contributed by atoms with Crippen molar-refractivity contribution in [3.8, 4) is 0 Å². The van der Waals surface area contributed by atoms with Gasteiger partial charge in [0.05, 0.1) is 29.1 Å². The van der Waals surface area contributed by atoms with Crippen LogP contribution in [-0.2, 0) is 13.6 Å². The van der Waals surface area contributed by atoms with Crippen LogP contribution >= 0.6 is 11.6 Å². The minimum Gasteiger partial charge on any atom is -0.378 e. The molecule has 1 aromatic carbocycles. The van der Waals surface area contributed by atoms with Gasteiger partial charge in [0.1, 0.15) is 0 Å². The summed E-state index contributed by atoms with van der Waals surface area (Å²) in [5.74, 6) is -0.0630. The highest BCUT2D eigenvalue weighted by Gasteiger charge is 2.11. The number of nitrogens with zero attached hydrogens (tertiary/aromatic N) is 4. The third kappa shape index (κ3) is 3.08. The number of benzene rings is 1. The van der Waals surface area contributed by atoms with E-state index in [2.05, 4.69) is 15.6 Å². The normalized spacial score (nSPS) is 10.4. The Hall–Kier alpha value is -2.08. The number of nitrogens with one attached hydrogen (secondary N) is 1. The third-order valence-electron chi connectivity index (χ3n) is 2.89. The first kappa shape index (κ1) is 14.3. The number of carbonyl (C=O) groups excluding carboxylic acids is 1. The highest BCUT2D eigenvalue weighted by molar-refractivity contribution is 6.33. The molecule has 1 N–H and O–H groups in total. The summed E-state index contributed by atoms with van der Waals surface area (Å²) in [5, 5.41) is 11.4. The smallest absolute Gasteiger partial charge is 0.253 e. The van der Waals surface area contributed by atoms with Crippen LogP contribution in [0.4, 0.5) is 5.69 Å². The van der Waals surface area contributed by atoms with Crippen molar-refractivity contribution in [2.75, 3.05) is 19.4 Å². The molecule has 0 atom stereocenters. The summed E-state index contributed by atoms with van der Waals surface area (Å²) in [6.45, 7) is 0.531. The molecule has 0 fully saturated rings. The molecule has 20 heavy (non-hydrogen) atoms. The maximum Gasteiger partial charge on any atom is 0.253 e. The molecule has 1 amide bonds. The van der Waals surface area contributed by atoms with E-state index in [1.165, 1.54) is 4.90 Å². The van der Waals surface area contributed by atoms with E-state index in [0.29, 0.717) is 22.8 Å². The van der Waals surface area contributed by atoms with Crippen LogP contribution < -0.4 is 5.32 Å². The number of anilines is 1. The van der Waals surface area contributed by atoms with Gasteiger partial charge in [0, 0.05) is 26.7 Å². The zero-order valence-corrected chi connectivity index (χ0v) is 12.3. The zero-order valence-electron chi connectivity index (χ0n) is 11.6. The molecule has 2 aromatic rings. The average Bonchev–Trinajstić information content (AvgIpc) is 2.82. The quantitative estimate of drug-likeness (QED) is 0.933. The predicted octanol–water partition coefficient (Wildman–Crippen LogP) is 1.78.